The quantitative estimate of drug-likeness (QED) is 0.215. The number of anilines is 1. The Hall–Kier alpha value is -4.77. The maximum atomic E-state index is 12.5. The van der Waals surface area contributed by atoms with Gasteiger partial charge in [0, 0.05) is 37.2 Å². The van der Waals surface area contributed by atoms with Crippen LogP contribution in [0.5, 0.6) is 5.75 Å². The first kappa shape index (κ1) is 25.3. The predicted octanol–water partition coefficient (Wildman–Crippen LogP) is 4.66. The van der Waals surface area contributed by atoms with Gasteiger partial charge < -0.3 is 14.8 Å². The molecule has 12 heteroatoms. The van der Waals surface area contributed by atoms with Crippen LogP contribution in [0, 0.1) is 10.1 Å². The van der Waals surface area contributed by atoms with Crippen molar-refractivity contribution in [3.8, 4) is 5.75 Å². The number of nitro benzene ring substituents is 1. The monoisotopic (exact) mass is 522 g/mol. The Bertz CT molecular complexity index is 1440. The molecule has 1 aliphatic rings. The van der Waals surface area contributed by atoms with Gasteiger partial charge in [-0.3, -0.25) is 24.5 Å². The summed E-state index contributed by atoms with van der Waals surface area (Å²) in [6, 6.07) is 16.7. The van der Waals surface area contributed by atoms with E-state index in [1.165, 1.54) is 26.0 Å². The summed E-state index contributed by atoms with van der Waals surface area (Å²) in [5.74, 6) is -1.66. The van der Waals surface area contributed by atoms with Crippen molar-refractivity contribution in [3.63, 3.8) is 0 Å². The minimum atomic E-state index is -1.01. The Morgan fingerprint density at radius 1 is 1.08 bits per heavy atom. The molecule has 1 atom stereocenters. The largest absolute Gasteiger partial charge is 0.446 e. The molecular formula is C25H19ClN4O7. The highest BCUT2D eigenvalue weighted by Gasteiger charge is 2.35. The van der Waals surface area contributed by atoms with Crippen molar-refractivity contribution >= 4 is 46.7 Å². The molecule has 0 saturated carbocycles. The van der Waals surface area contributed by atoms with Crippen molar-refractivity contribution in [1.82, 2.24) is 5.01 Å². The van der Waals surface area contributed by atoms with Crippen LogP contribution >= 0.6 is 11.6 Å². The minimum Gasteiger partial charge on any atom is -0.446 e. The van der Waals surface area contributed by atoms with E-state index in [1.54, 1.807) is 48.5 Å². The fourth-order valence-electron chi connectivity index (χ4n) is 3.51. The highest BCUT2D eigenvalue weighted by atomic mass is 35.5. The van der Waals surface area contributed by atoms with Gasteiger partial charge in [0.05, 0.1) is 21.1 Å². The molecule has 0 spiro atoms. The van der Waals surface area contributed by atoms with Crippen LogP contribution in [-0.4, -0.2) is 33.6 Å². The van der Waals surface area contributed by atoms with Crippen LogP contribution in [0.25, 0.3) is 0 Å². The number of benzene rings is 3. The number of hydrazone groups is 1. The molecule has 1 heterocycles. The molecule has 188 valence electrons. The number of non-ortho nitro benzene ring substituents is 1. The normalized spacial score (nSPS) is 14.4. The lowest BCUT2D eigenvalue weighted by Crippen LogP contribution is -2.25. The highest BCUT2D eigenvalue weighted by Crippen LogP contribution is 2.34. The molecule has 4 rings (SSSR count). The molecule has 0 radical (unpaired) electrons. The summed E-state index contributed by atoms with van der Waals surface area (Å²) in [4.78, 5) is 47.1. The fraction of sp³-hybridized carbons (Fsp3) is 0.120. The Morgan fingerprint density at radius 2 is 1.78 bits per heavy atom. The number of esters is 1. The smallest absolute Gasteiger partial charge is 0.308 e. The average Bonchev–Trinajstić information content (AvgIpc) is 3.30. The van der Waals surface area contributed by atoms with Gasteiger partial charge in [0.25, 0.3) is 11.6 Å². The van der Waals surface area contributed by atoms with Gasteiger partial charge in [-0.15, -0.1) is 5.10 Å². The van der Waals surface area contributed by atoms with Gasteiger partial charge in [-0.1, -0.05) is 35.9 Å². The SMILES string of the molecule is CC(=O)Oc1ccc([N+](=O)[O-])cc1C1=NN(C(C)=O)[C@@H](c2ccc(NC(=O)c3ccccc3Cl)cc2)O1. The number of hydrogen-bond donors (Lipinski definition) is 1. The average molecular weight is 523 g/mol. The maximum absolute atomic E-state index is 12.5. The molecule has 3 aromatic carbocycles. The third-order valence-corrected chi connectivity index (χ3v) is 5.53. The number of nitrogens with one attached hydrogen (secondary N) is 1. The molecule has 0 aliphatic carbocycles. The van der Waals surface area contributed by atoms with Gasteiger partial charge in [-0.05, 0) is 30.3 Å². The van der Waals surface area contributed by atoms with Crippen LogP contribution < -0.4 is 10.1 Å². The fourth-order valence-corrected chi connectivity index (χ4v) is 3.73. The van der Waals surface area contributed by atoms with E-state index < -0.39 is 28.9 Å². The van der Waals surface area contributed by atoms with Crippen molar-refractivity contribution in [3.05, 3.63) is 98.6 Å². The lowest BCUT2D eigenvalue weighted by atomic mass is 10.1. The van der Waals surface area contributed by atoms with E-state index in [-0.39, 0.29) is 22.9 Å². The van der Waals surface area contributed by atoms with Crippen LogP contribution in [0.1, 0.15) is 41.6 Å². The number of halogens is 1. The van der Waals surface area contributed by atoms with Gasteiger partial charge in [0.1, 0.15) is 5.75 Å². The van der Waals surface area contributed by atoms with Gasteiger partial charge in [0.15, 0.2) is 0 Å². The molecule has 11 nitrogen and oxygen atoms in total. The number of hydrogen-bond acceptors (Lipinski definition) is 8. The summed E-state index contributed by atoms with van der Waals surface area (Å²) in [6.07, 6.45) is -1.01. The number of carbonyl (C=O) groups excluding carboxylic acids is 3. The van der Waals surface area contributed by atoms with Gasteiger partial charge in [0.2, 0.25) is 18.0 Å². The summed E-state index contributed by atoms with van der Waals surface area (Å²) in [6.45, 7) is 2.46. The van der Waals surface area contributed by atoms with Crippen LogP contribution in [-0.2, 0) is 14.3 Å². The Labute approximate surface area is 215 Å². The Kier molecular flexibility index (Phi) is 7.16. The lowest BCUT2D eigenvalue weighted by Gasteiger charge is -2.19. The zero-order valence-corrected chi connectivity index (χ0v) is 20.3. The number of amides is 2. The second kappa shape index (κ2) is 10.5. The lowest BCUT2D eigenvalue weighted by molar-refractivity contribution is -0.384. The van der Waals surface area contributed by atoms with E-state index in [4.69, 9.17) is 21.1 Å². The standard InChI is InChI=1S/C25H19ClN4O7/c1-14(31)29-25(16-7-9-17(10-8-16)27-23(33)19-5-3-4-6-21(19)26)37-24(28-29)20-13-18(30(34)35)11-12-22(20)36-15(2)32/h3-13,25H,1-2H3,(H,27,33)/t25-/m1/s1. The topological polar surface area (TPSA) is 140 Å². The van der Waals surface area contributed by atoms with Gasteiger partial charge in [-0.25, -0.2) is 0 Å². The van der Waals surface area contributed by atoms with Crippen molar-refractivity contribution in [1.29, 1.82) is 0 Å². The van der Waals surface area contributed by atoms with E-state index in [0.717, 1.165) is 11.1 Å². The molecule has 2 amide bonds. The predicted molar refractivity (Wildman–Crippen MR) is 133 cm³/mol. The molecule has 0 bridgehead atoms. The maximum Gasteiger partial charge on any atom is 0.308 e. The molecule has 1 aliphatic heterocycles. The third kappa shape index (κ3) is 5.57. The summed E-state index contributed by atoms with van der Waals surface area (Å²) in [5, 5.41) is 19.6. The van der Waals surface area contributed by atoms with Crippen LogP contribution in [0.2, 0.25) is 5.02 Å². The van der Waals surface area contributed by atoms with Crippen LogP contribution in [0.3, 0.4) is 0 Å². The van der Waals surface area contributed by atoms with E-state index >= 15 is 0 Å². The summed E-state index contributed by atoms with van der Waals surface area (Å²) < 4.78 is 11.1. The van der Waals surface area contributed by atoms with Crippen molar-refractivity contribution < 1.29 is 28.8 Å². The van der Waals surface area contributed by atoms with E-state index in [9.17, 15) is 24.5 Å². The zero-order chi connectivity index (χ0) is 26.7. The van der Waals surface area contributed by atoms with E-state index in [0.29, 0.717) is 21.8 Å². The molecule has 0 unspecified atom stereocenters. The van der Waals surface area contributed by atoms with Crippen molar-refractivity contribution in [2.45, 2.75) is 20.1 Å². The number of ether oxygens (including phenoxy) is 2. The van der Waals surface area contributed by atoms with Crippen LogP contribution in [0.4, 0.5) is 11.4 Å². The van der Waals surface area contributed by atoms with Crippen molar-refractivity contribution in [2.75, 3.05) is 5.32 Å². The zero-order valence-electron chi connectivity index (χ0n) is 19.5. The second-order valence-electron chi connectivity index (χ2n) is 7.83. The third-order valence-electron chi connectivity index (χ3n) is 5.20. The highest BCUT2D eigenvalue weighted by molar-refractivity contribution is 6.34. The number of nitro groups is 1. The van der Waals surface area contributed by atoms with Gasteiger partial charge in [-0.2, -0.15) is 5.01 Å². The first-order valence-electron chi connectivity index (χ1n) is 10.8. The molecule has 3 aromatic rings. The molecule has 0 aromatic heterocycles. The number of rotatable bonds is 6. The molecule has 0 saturated heterocycles. The number of nitrogens with zero attached hydrogens (tertiary/aromatic N) is 3. The molecular weight excluding hydrogens is 504 g/mol. The molecule has 37 heavy (non-hydrogen) atoms. The summed E-state index contributed by atoms with van der Waals surface area (Å²) in [5.41, 5.74) is 1.03. The van der Waals surface area contributed by atoms with Crippen molar-refractivity contribution in [2.24, 2.45) is 5.10 Å². The minimum absolute atomic E-state index is 0.0152. The molecule has 0 fully saturated rings. The second-order valence-corrected chi connectivity index (χ2v) is 8.23. The Balaban J connectivity index is 1.60. The number of carbonyl (C=O) groups is 3. The Morgan fingerprint density at radius 3 is 2.41 bits per heavy atom. The first-order chi connectivity index (χ1) is 17.6. The first-order valence-corrected chi connectivity index (χ1v) is 11.2. The van der Waals surface area contributed by atoms with E-state index in [2.05, 4.69) is 10.4 Å². The van der Waals surface area contributed by atoms with E-state index in [1.807, 2.05) is 0 Å². The molecule has 1 N–H and O–H groups in total. The summed E-state index contributed by atoms with van der Waals surface area (Å²) in [7, 11) is 0. The van der Waals surface area contributed by atoms with Gasteiger partial charge >= 0.3 is 5.97 Å². The summed E-state index contributed by atoms with van der Waals surface area (Å²) >= 11 is 6.08. The van der Waals surface area contributed by atoms with Crippen LogP contribution in [0.15, 0.2) is 71.8 Å².